The second-order valence-corrected chi connectivity index (χ2v) is 6.60. The van der Waals surface area contributed by atoms with Crippen LogP contribution in [0, 0.1) is 0 Å². The Balaban J connectivity index is 1.86. The van der Waals surface area contributed by atoms with E-state index >= 15 is 0 Å². The minimum absolute atomic E-state index is 0.683. The third kappa shape index (κ3) is 8.26. The molecule has 1 rings (SSSR count). The van der Waals surface area contributed by atoms with Crippen LogP contribution in [0.5, 0.6) is 0 Å². The van der Waals surface area contributed by atoms with Crippen molar-refractivity contribution in [3.05, 3.63) is 0 Å². The lowest BCUT2D eigenvalue weighted by Crippen LogP contribution is -2.44. The maximum atomic E-state index is 5.87. The Morgan fingerprint density at radius 3 is 2.05 bits per heavy atom. The molecule has 2 heteroatoms. The van der Waals surface area contributed by atoms with Gasteiger partial charge >= 0.3 is 0 Å². The topological polar surface area (TPSA) is 29.3 Å². The maximum Gasteiger partial charge on any atom is 0.0218 e. The molecule has 0 aliphatic carbocycles. The summed E-state index contributed by atoms with van der Waals surface area (Å²) in [4.78, 5) is 2.65. The maximum absolute atomic E-state index is 5.87. The van der Waals surface area contributed by atoms with Crippen LogP contribution < -0.4 is 5.73 Å². The van der Waals surface area contributed by atoms with Gasteiger partial charge in [0.1, 0.15) is 0 Å². The summed E-state index contributed by atoms with van der Waals surface area (Å²) >= 11 is 0. The van der Waals surface area contributed by atoms with Crippen LogP contribution in [-0.2, 0) is 0 Å². The summed E-state index contributed by atoms with van der Waals surface area (Å²) in [6.07, 6.45) is 18.4. The number of nitrogens with two attached hydrogens (primary N) is 1. The molecular formula is C18H38N2. The zero-order valence-corrected chi connectivity index (χ0v) is 13.9. The van der Waals surface area contributed by atoms with Crippen molar-refractivity contribution in [2.45, 2.75) is 96.4 Å². The fourth-order valence-corrected chi connectivity index (χ4v) is 3.42. The normalized spacial score (nSPS) is 20.4. The van der Waals surface area contributed by atoms with Crippen LogP contribution in [0.1, 0.15) is 90.4 Å². The Morgan fingerprint density at radius 1 is 0.850 bits per heavy atom. The van der Waals surface area contributed by atoms with Gasteiger partial charge in [0, 0.05) is 12.6 Å². The smallest absolute Gasteiger partial charge is 0.0218 e. The fraction of sp³-hybridized carbons (Fsp3) is 1.00. The molecule has 0 saturated carbocycles. The SMILES string of the molecule is CCCCCCCCCCCCN1CCCCC1CN. The molecule has 0 amide bonds. The second kappa shape index (κ2) is 12.6. The van der Waals surface area contributed by atoms with Crippen molar-refractivity contribution in [3.8, 4) is 0 Å². The van der Waals surface area contributed by atoms with Gasteiger partial charge in [-0.05, 0) is 32.4 Å². The molecule has 0 aromatic heterocycles. The van der Waals surface area contributed by atoms with Gasteiger partial charge in [0.05, 0.1) is 0 Å². The van der Waals surface area contributed by atoms with Gasteiger partial charge in [-0.15, -0.1) is 0 Å². The monoisotopic (exact) mass is 282 g/mol. The summed E-state index contributed by atoms with van der Waals surface area (Å²) in [5.74, 6) is 0. The van der Waals surface area contributed by atoms with Crippen molar-refractivity contribution >= 4 is 0 Å². The van der Waals surface area contributed by atoms with Gasteiger partial charge < -0.3 is 5.73 Å². The lowest BCUT2D eigenvalue weighted by atomic mass is 10.0. The van der Waals surface area contributed by atoms with Gasteiger partial charge in [0.25, 0.3) is 0 Å². The number of nitrogens with zero attached hydrogens (tertiary/aromatic N) is 1. The summed E-state index contributed by atoms with van der Waals surface area (Å²) in [5, 5.41) is 0. The Bertz CT molecular complexity index is 206. The number of hydrogen-bond donors (Lipinski definition) is 1. The van der Waals surface area contributed by atoms with Gasteiger partial charge in [-0.2, -0.15) is 0 Å². The molecule has 1 aliphatic rings. The van der Waals surface area contributed by atoms with E-state index in [0.29, 0.717) is 6.04 Å². The molecule has 1 heterocycles. The molecular weight excluding hydrogens is 244 g/mol. The molecule has 0 aromatic rings. The third-order valence-electron chi connectivity index (χ3n) is 4.82. The molecule has 0 aromatic carbocycles. The van der Waals surface area contributed by atoms with Crippen LogP contribution in [-0.4, -0.2) is 30.6 Å². The van der Waals surface area contributed by atoms with Crippen LogP contribution in [0.25, 0.3) is 0 Å². The van der Waals surface area contributed by atoms with Crippen molar-refractivity contribution in [3.63, 3.8) is 0 Å². The first-order valence-corrected chi connectivity index (χ1v) is 9.32. The molecule has 0 bridgehead atoms. The first-order valence-electron chi connectivity index (χ1n) is 9.32. The standard InChI is InChI=1S/C18H38N2/c1-2-3-4-5-6-7-8-9-10-12-15-20-16-13-11-14-18(20)17-19/h18H,2-17,19H2,1H3. The average Bonchev–Trinajstić information content (AvgIpc) is 2.49. The summed E-state index contributed by atoms with van der Waals surface area (Å²) in [7, 11) is 0. The Labute approximate surface area is 127 Å². The van der Waals surface area contributed by atoms with Crippen molar-refractivity contribution in [2.24, 2.45) is 5.73 Å². The first kappa shape index (κ1) is 18.0. The molecule has 1 aliphatic heterocycles. The minimum Gasteiger partial charge on any atom is -0.329 e. The van der Waals surface area contributed by atoms with Gasteiger partial charge in [-0.25, -0.2) is 0 Å². The quantitative estimate of drug-likeness (QED) is 0.525. The van der Waals surface area contributed by atoms with E-state index in [1.54, 1.807) is 0 Å². The lowest BCUT2D eigenvalue weighted by Gasteiger charge is -2.34. The molecule has 1 atom stereocenters. The van der Waals surface area contributed by atoms with E-state index in [-0.39, 0.29) is 0 Å². The van der Waals surface area contributed by atoms with E-state index < -0.39 is 0 Å². The number of hydrogen-bond acceptors (Lipinski definition) is 2. The van der Waals surface area contributed by atoms with Crippen LogP contribution in [0.2, 0.25) is 0 Å². The Kier molecular flexibility index (Phi) is 11.4. The Hall–Kier alpha value is -0.0800. The van der Waals surface area contributed by atoms with E-state index in [1.807, 2.05) is 0 Å². The highest BCUT2D eigenvalue weighted by Crippen LogP contribution is 2.17. The minimum atomic E-state index is 0.683. The van der Waals surface area contributed by atoms with Gasteiger partial charge in [-0.1, -0.05) is 71.1 Å². The summed E-state index contributed by atoms with van der Waals surface area (Å²) in [6, 6.07) is 0.683. The van der Waals surface area contributed by atoms with E-state index in [0.717, 1.165) is 6.54 Å². The highest BCUT2D eigenvalue weighted by Gasteiger charge is 2.19. The molecule has 20 heavy (non-hydrogen) atoms. The van der Waals surface area contributed by atoms with Crippen LogP contribution in [0.4, 0.5) is 0 Å². The zero-order chi connectivity index (χ0) is 14.5. The summed E-state index contributed by atoms with van der Waals surface area (Å²) in [6.45, 7) is 5.73. The molecule has 1 unspecified atom stereocenters. The van der Waals surface area contributed by atoms with Gasteiger partial charge in [0.15, 0.2) is 0 Å². The van der Waals surface area contributed by atoms with Crippen molar-refractivity contribution < 1.29 is 0 Å². The third-order valence-corrected chi connectivity index (χ3v) is 4.82. The molecule has 2 N–H and O–H groups in total. The van der Waals surface area contributed by atoms with Crippen molar-refractivity contribution in [2.75, 3.05) is 19.6 Å². The van der Waals surface area contributed by atoms with E-state index in [9.17, 15) is 0 Å². The van der Waals surface area contributed by atoms with E-state index in [2.05, 4.69) is 11.8 Å². The summed E-state index contributed by atoms with van der Waals surface area (Å²) in [5.41, 5.74) is 5.87. The zero-order valence-electron chi connectivity index (χ0n) is 13.9. The molecule has 0 radical (unpaired) electrons. The number of piperidine rings is 1. The number of rotatable bonds is 12. The molecule has 1 fully saturated rings. The van der Waals surface area contributed by atoms with Crippen LogP contribution >= 0.6 is 0 Å². The van der Waals surface area contributed by atoms with Crippen molar-refractivity contribution in [1.82, 2.24) is 4.90 Å². The average molecular weight is 283 g/mol. The number of likely N-dealkylation sites (tertiary alicyclic amines) is 1. The van der Waals surface area contributed by atoms with Gasteiger partial charge in [-0.3, -0.25) is 4.90 Å². The predicted octanol–water partition coefficient (Wildman–Crippen LogP) is 4.72. The van der Waals surface area contributed by atoms with Crippen LogP contribution in [0.15, 0.2) is 0 Å². The van der Waals surface area contributed by atoms with E-state index in [1.165, 1.54) is 96.6 Å². The molecule has 0 spiro atoms. The van der Waals surface area contributed by atoms with Crippen LogP contribution in [0.3, 0.4) is 0 Å². The summed E-state index contributed by atoms with van der Waals surface area (Å²) < 4.78 is 0. The number of unbranched alkanes of at least 4 members (excludes halogenated alkanes) is 9. The lowest BCUT2D eigenvalue weighted by molar-refractivity contribution is 0.150. The van der Waals surface area contributed by atoms with Gasteiger partial charge in [0.2, 0.25) is 0 Å². The first-order chi connectivity index (χ1) is 9.88. The fourth-order valence-electron chi connectivity index (χ4n) is 3.42. The molecule has 120 valence electrons. The highest BCUT2D eigenvalue weighted by molar-refractivity contribution is 4.77. The van der Waals surface area contributed by atoms with Crippen molar-refractivity contribution in [1.29, 1.82) is 0 Å². The molecule has 2 nitrogen and oxygen atoms in total. The predicted molar refractivity (Wildman–Crippen MR) is 90.1 cm³/mol. The largest absolute Gasteiger partial charge is 0.329 e. The second-order valence-electron chi connectivity index (χ2n) is 6.60. The molecule has 1 saturated heterocycles. The van der Waals surface area contributed by atoms with E-state index in [4.69, 9.17) is 5.73 Å². The Morgan fingerprint density at radius 2 is 1.45 bits per heavy atom. The highest BCUT2D eigenvalue weighted by atomic mass is 15.2.